The van der Waals surface area contributed by atoms with Gasteiger partial charge in [0.2, 0.25) is 5.88 Å². The third-order valence-corrected chi connectivity index (χ3v) is 3.68. The molecule has 1 saturated heterocycles. The fourth-order valence-corrected chi connectivity index (χ4v) is 2.29. The molecule has 0 aliphatic carbocycles. The van der Waals surface area contributed by atoms with Crippen molar-refractivity contribution in [3.8, 4) is 5.88 Å². The molecule has 1 aromatic heterocycles. The number of nitrogens with one attached hydrogen (secondary N) is 1. The number of hydrogen-bond donors (Lipinski definition) is 1. The molecule has 0 amide bonds. The highest BCUT2D eigenvalue weighted by Crippen LogP contribution is 2.21. The predicted octanol–water partition coefficient (Wildman–Crippen LogP) is 3.12. The highest BCUT2D eigenvalue weighted by Gasteiger charge is 2.17. The van der Waals surface area contributed by atoms with Crippen LogP contribution in [0.1, 0.15) is 51.3 Å². The monoisotopic (exact) mass is 292 g/mol. The van der Waals surface area contributed by atoms with E-state index in [1.807, 2.05) is 0 Å². The Hall–Kier alpha value is -1.13. The van der Waals surface area contributed by atoms with Gasteiger partial charge in [0.1, 0.15) is 0 Å². The Morgan fingerprint density at radius 2 is 2.14 bits per heavy atom. The first kappa shape index (κ1) is 16.2. The van der Waals surface area contributed by atoms with Crippen LogP contribution in [0, 0.1) is 5.92 Å². The Kier molecular flexibility index (Phi) is 6.00. The van der Waals surface area contributed by atoms with Crippen LogP contribution < -0.4 is 10.1 Å². The number of ether oxygens (including phenoxy) is 2. The lowest BCUT2D eigenvalue weighted by molar-refractivity contribution is 0.165. The summed E-state index contributed by atoms with van der Waals surface area (Å²) in [5.74, 6) is 1.65. The summed E-state index contributed by atoms with van der Waals surface area (Å²) in [5.41, 5.74) is 2.33. The Labute approximate surface area is 128 Å². The van der Waals surface area contributed by atoms with E-state index in [1.165, 1.54) is 5.56 Å². The molecule has 1 aromatic rings. The summed E-state index contributed by atoms with van der Waals surface area (Å²) < 4.78 is 11.3. The Balaban J connectivity index is 2.03. The van der Waals surface area contributed by atoms with E-state index in [2.05, 4.69) is 50.1 Å². The molecule has 0 saturated carbocycles. The fraction of sp³-hybridized carbons (Fsp3) is 0.706. The molecule has 4 nitrogen and oxygen atoms in total. The van der Waals surface area contributed by atoms with Crippen LogP contribution >= 0.6 is 0 Å². The fourth-order valence-electron chi connectivity index (χ4n) is 2.29. The molecular weight excluding hydrogens is 264 g/mol. The zero-order valence-electron chi connectivity index (χ0n) is 13.7. The van der Waals surface area contributed by atoms with Gasteiger partial charge in [0, 0.05) is 36.9 Å². The molecule has 0 bridgehead atoms. The van der Waals surface area contributed by atoms with Gasteiger partial charge in [-0.25, -0.2) is 4.98 Å². The zero-order chi connectivity index (χ0) is 15.2. The zero-order valence-corrected chi connectivity index (χ0v) is 13.7. The van der Waals surface area contributed by atoms with Gasteiger partial charge in [-0.15, -0.1) is 0 Å². The van der Waals surface area contributed by atoms with Crippen molar-refractivity contribution in [2.24, 2.45) is 5.92 Å². The number of pyridine rings is 1. The van der Waals surface area contributed by atoms with Crippen molar-refractivity contribution in [3.05, 3.63) is 23.4 Å². The normalized spacial score (nSPS) is 18.7. The van der Waals surface area contributed by atoms with Crippen LogP contribution in [0.3, 0.4) is 0 Å². The van der Waals surface area contributed by atoms with Gasteiger partial charge in [-0.1, -0.05) is 27.7 Å². The number of nitrogens with zero attached hydrogens (tertiary/aromatic N) is 1. The summed E-state index contributed by atoms with van der Waals surface area (Å²) in [6, 6.07) is 4.70. The van der Waals surface area contributed by atoms with Crippen molar-refractivity contribution in [2.75, 3.05) is 19.8 Å². The van der Waals surface area contributed by atoms with Crippen molar-refractivity contribution >= 4 is 0 Å². The first-order chi connectivity index (χ1) is 10.0. The Morgan fingerprint density at radius 3 is 2.76 bits per heavy atom. The summed E-state index contributed by atoms with van der Waals surface area (Å²) >= 11 is 0. The molecule has 1 unspecified atom stereocenters. The smallest absolute Gasteiger partial charge is 0.213 e. The first-order valence-electron chi connectivity index (χ1n) is 7.99. The topological polar surface area (TPSA) is 43.4 Å². The van der Waals surface area contributed by atoms with Crippen LogP contribution in [-0.2, 0) is 11.3 Å². The second kappa shape index (κ2) is 7.76. The minimum Gasteiger partial charge on any atom is -0.477 e. The van der Waals surface area contributed by atoms with Gasteiger partial charge < -0.3 is 14.8 Å². The maximum absolute atomic E-state index is 5.91. The summed E-state index contributed by atoms with van der Waals surface area (Å²) in [7, 11) is 0. The molecule has 1 N–H and O–H groups in total. The lowest BCUT2D eigenvalue weighted by Gasteiger charge is -2.15. The van der Waals surface area contributed by atoms with E-state index in [4.69, 9.17) is 9.47 Å². The van der Waals surface area contributed by atoms with Gasteiger partial charge in [0.05, 0.1) is 13.2 Å². The van der Waals surface area contributed by atoms with Crippen LogP contribution in [-0.4, -0.2) is 30.8 Å². The molecular formula is C17H28N2O2. The molecule has 1 aliphatic rings. The molecule has 1 atom stereocenters. The van der Waals surface area contributed by atoms with Crippen molar-refractivity contribution in [1.82, 2.24) is 10.3 Å². The molecule has 0 spiro atoms. The predicted molar refractivity (Wildman–Crippen MR) is 84.7 cm³/mol. The number of rotatable bonds is 7. The minimum absolute atomic E-state index is 0.404. The Morgan fingerprint density at radius 1 is 1.33 bits per heavy atom. The van der Waals surface area contributed by atoms with Crippen LogP contribution in [0.5, 0.6) is 5.88 Å². The molecule has 2 rings (SSSR count). The largest absolute Gasteiger partial charge is 0.477 e. The third-order valence-electron chi connectivity index (χ3n) is 3.68. The minimum atomic E-state index is 0.404. The van der Waals surface area contributed by atoms with Gasteiger partial charge in [0.25, 0.3) is 0 Å². The number of hydrogen-bond acceptors (Lipinski definition) is 4. The lowest BCUT2D eigenvalue weighted by Crippen LogP contribution is -2.22. The van der Waals surface area contributed by atoms with Crippen molar-refractivity contribution in [3.63, 3.8) is 0 Å². The molecule has 21 heavy (non-hydrogen) atoms. The van der Waals surface area contributed by atoms with Crippen molar-refractivity contribution in [1.29, 1.82) is 0 Å². The highest BCUT2D eigenvalue weighted by molar-refractivity contribution is 5.26. The maximum atomic E-state index is 5.91. The van der Waals surface area contributed by atoms with Gasteiger partial charge in [-0.3, -0.25) is 0 Å². The SMILES string of the molecule is CC(C)NCc1cc(OCC2CCOC2)nc(C(C)C)c1. The van der Waals surface area contributed by atoms with E-state index in [9.17, 15) is 0 Å². The van der Waals surface area contributed by atoms with E-state index in [1.54, 1.807) is 0 Å². The van der Waals surface area contributed by atoms with Crippen LogP contribution in [0.15, 0.2) is 12.1 Å². The molecule has 1 fully saturated rings. The average molecular weight is 292 g/mol. The maximum Gasteiger partial charge on any atom is 0.213 e. The van der Waals surface area contributed by atoms with Crippen LogP contribution in [0.25, 0.3) is 0 Å². The van der Waals surface area contributed by atoms with E-state index >= 15 is 0 Å². The summed E-state index contributed by atoms with van der Waals surface area (Å²) in [6.07, 6.45) is 1.09. The standard InChI is InChI=1S/C17H28N2O2/c1-12(2)16-7-15(9-18-13(3)4)8-17(19-16)21-11-14-5-6-20-10-14/h7-8,12-14,18H,5-6,9-11H2,1-4H3. The third kappa shape index (κ3) is 5.29. The second-order valence-corrected chi connectivity index (χ2v) is 6.47. The van der Waals surface area contributed by atoms with Gasteiger partial charge in [-0.2, -0.15) is 0 Å². The van der Waals surface area contributed by atoms with Crippen LogP contribution in [0.4, 0.5) is 0 Å². The summed E-state index contributed by atoms with van der Waals surface area (Å²) in [4.78, 5) is 4.63. The van der Waals surface area contributed by atoms with Gasteiger partial charge in [-0.05, 0) is 24.0 Å². The van der Waals surface area contributed by atoms with E-state index in [0.717, 1.165) is 37.8 Å². The first-order valence-corrected chi connectivity index (χ1v) is 7.99. The van der Waals surface area contributed by atoms with E-state index < -0.39 is 0 Å². The molecule has 118 valence electrons. The van der Waals surface area contributed by atoms with Crippen LogP contribution in [0.2, 0.25) is 0 Å². The Bertz CT molecular complexity index is 440. The van der Waals surface area contributed by atoms with E-state index in [0.29, 0.717) is 24.5 Å². The molecule has 4 heteroatoms. The molecule has 0 radical (unpaired) electrons. The summed E-state index contributed by atoms with van der Waals surface area (Å²) in [5, 5.41) is 3.45. The molecule has 0 aromatic carbocycles. The number of aromatic nitrogens is 1. The average Bonchev–Trinajstić information content (AvgIpc) is 2.96. The quantitative estimate of drug-likeness (QED) is 0.838. The van der Waals surface area contributed by atoms with Crippen molar-refractivity contribution < 1.29 is 9.47 Å². The molecule has 2 heterocycles. The summed E-state index contributed by atoms with van der Waals surface area (Å²) in [6.45, 7) is 11.9. The second-order valence-electron chi connectivity index (χ2n) is 6.47. The van der Waals surface area contributed by atoms with Gasteiger partial charge in [0.15, 0.2) is 0 Å². The van der Waals surface area contributed by atoms with Gasteiger partial charge >= 0.3 is 0 Å². The van der Waals surface area contributed by atoms with E-state index in [-0.39, 0.29) is 0 Å². The lowest BCUT2D eigenvalue weighted by atomic mass is 10.1. The highest BCUT2D eigenvalue weighted by atomic mass is 16.5. The van der Waals surface area contributed by atoms with Crippen molar-refractivity contribution in [2.45, 2.75) is 52.6 Å². The molecule has 1 aliphatic heterocycles.